The van der Waals surface area contributed by atoms with Crippen LogP contribution in [0.2, 0.25) is 0 Å². The van der Waals surface area contributed by atoms with Crippen LogP contribution in [0.5, 0.6) is 17.2 Å². The second-order valence-corrected chi connectivity index (χ2v) is 9.21. The van der Waals surface area contributed by atoms with Crippen LogP contribution in [-0.4, -0.2) is 31.1 Å². The van der Waals surface area contributed by atoms with Crippen LogP contribution in [-0.2, 0) is 16.0 Å². The van der Waals surface area contributed by atoms with Crippen LogP contribution in [0.25, 0.3) is 0 Å². The van der Waals surface area contributed by atoms with Gasteiger partial charge in [0.1, 0.15) is 17.2 Å². The number of carbonyl (C=O) groups excluding carboxylic acids is 3. The smallest absolute Gasteiger partial charge is 0.343 e. The van der Waals surface area contributed by atoms with Gasteiger partial charge in [-0.15, -0.1) is 0 Å². The third kappa shape index (κ3) is 10.4. The molecule has 0 aromatic heterocycles. The summed E-state index contributed by atoms with van der Waals surface area (Å²) in [7, 11) is 0. The largest absolute Gasteiger partial charge is 0.494 e. The van der Waals surface area contributed by atoms with Crippen molar-refractivity contribution in [2.75, 3.05) is 13.2 Å². The summed E-state index contributed by atoms with van der Waals surface area (Å²) >= 11 is 0. The zero-order valence-electron chi connectivity index (χ0n) is 22.9. The zero-order chi connectivity index (χ0) is 28.6. The minimum absolute atomic E-state index is 0.315. The summed E-state index contributed by atoms with van der Waals surface area (Å²) in [4.78, 5) is 36.0. The van der Waals surface area contributed by atoms with Crippen molar-refractivity contribution in [1.82, 2.24) is 0 Å². The van der Waals surface area contributed by atoms with Crippen molar-refractivity contribution in [2.45, 2.75) is 51.9 Å². The van der Waals surface area contributed by atoms with Gasteiger partial charge in [-0.2, -0.15) is 0 Å². The van der Waals surface area contributed by atoms with Gasteiger partial charge in [-0.05, 0) is 91.9 Å². The van der Waals surface area contributed by atoms with Crippen molar-refractivity contribution >= 4 is 17.9 Å². The summed E-state index contributed by atoms with van der Waals surface area (Å²) in [5.41, 5.74) is 2.06. The van der Waals surface area contributed by atoms with Crippen molar-refractivity contribution < 1.29 is 33.3 Å². The van der Waals surface area contributed by atoms with E-state index in [0.717, 1.165) is 18.9 Å². The molecule has 3 aromatic carbocycles. The lowest BCUT2D eigenvalue weighted by atomic mass is 10.0. The van der Waals surface area contributed by atoms with Gasteiger partial charge in [-0.25, -0.2) is 14.4 Å². The van der Waals surface area contributed by atoms with Gasteiger partial charge in [0, 0.05) is 6.08 Å². The third-order valence-corrected chi connectivity index (χ3v) is 6.06. The Kier molecular flexibility index (Phi) is 12.5. The first kappa shape index (κ1) is 30.2. The van der Waals surface area contributed by atoms with Crippen LogP contribution < -0.4 is 14.2 Å². The Labute approximate surface area is 235 Å². The fourth-order valence-corrected chi connectivity index (χ4v) is 3.78. The van der Waals surface area contributed by atoms with Gasteiger partial charge in [0.15, 0.2) is 0 Å². The molecule has 0 N–H and O–H groups in total. The predicted octanol–water partition coefficient (Wildman–Crippen LogP) is 7.14. The molecule has 0 atom stereocenters. The molecule has 0 saturated carbocycles. The number of benzene rings is 3. The molecule has 210 valence electrons. The van der Waals surface area contributed by atoms with Crippen LogP contribution in [0.3, 0.4) is 0 Å². The van der Waals surface area contributed by atoms with E-state index in [0.29, 0.717) is 54.4 Å². The molecular formula is C33H36O7. The first-order valence-corrected chi connectivity index (χ1v) is 13.6. The summed E-state index contributed by atoms with van der Waals surface area (Å²) < 4.78 is 21.4. The Morgan fingerprint density at radius 3 is 1.73 bits per heavy atom. The molecule has 0 radical (unpaired) electrons. The van der Waals surface area contributed by atoms with E-state index in [-0.39, 0.29) is 0 Å². The third-order valence-electron chi connectivity index (χ3n) is 6.06. The maximum Gasteiger partial charge on any atom is 0.343 e. The monoisotopic (exact) mass is 544 g/mol. The Bertz CT molecular complexity index is 1230. The highest BCUT2D eigenvalue weighted by Crippen LogP contribution is 2.21. The van der Waals surface area contributed by atoms with Crippen molar-refractivity contribution in [2.24, 2.45) is 0 Å². The van der Waals surface area contributed by atoms with Crippen LogP contribution >= 0.6 is 0 Å². The molecule has 0 spiro atoms. The normalized spacial score (nSPS) is 10.4. The van der Waals surface area contributed by atoms with Crippen LogP contribution in [0, 0.1) is 0 Å². The number of hydrogen-bond donors (Lipinski definition) is 0. The fourth-order valence-electron chi connectivity index (χ4n) is 3.78. The highest BCUT2D eigenvalue weighted by Gasteiger charge is 2.11. The fraction of sp³-hybridized carbons (Fsp3) is 0.303. The standard InChI is InChI=1S/C33H36O7/c1-3-5-6-7-10-25-11-13-26(14-12-25)32(35)39-29-19-21-30(22-20-29)40-33(36)27-15-17-28(18-16-27)37-23-8-9-24-38-31(34)4-2/h4,11-22H,2-3,5-10,23-24H2,1H3. The quantitative estimate of drug-likeness (QED) is 0.0820. The molecule has 0 saturated heterocycles. The predicted molar refractivity (Wildman–Crippen MR) is 153 cm³/mol. The maximum atomic E-state index is 12.5. The molecule has 0 bridgehead atoms. The van der Waals surface area contributed by atoms with Crippen molar-refractivity contribution in [3.8, 4) is 17.2 Å². The van der Waals surface area contributed by atoms with Crippen LogP contribution in [0.1, 0.15) is 71.7 Å². The second kappa shape index (κ2) is 16.5. The van der Waals surface area contributed by atoms with Gasteiger partial charge in [0.2, 0.25) is 0 Å². The maximum absolute atomic E-state index is 12.5. The Hall–Kier alpha value is -4.39. The molecular weight excluding hydrogens is 508 g/mol. The summed E-state index contributed by atoms with van der Waals surface area (Å²) in [6.07, 6.45) is 8.34. The number of unbranched alkanes of at least 4 members (excludes halogenated alkanes) is 4. The van der Waals surface area contributed by atoms with Crippen molar-refractivity contribution in [3.05, 3.63) is 102 Å². The number of ether oxygens (including phenoxy) is 4. The van der Waals surface area contributed by atoms with E-state index >= 15 is 0 Å². The molecule has 3 aromatic rings. The molecule has 0 aliphatic rings. The lowest BCUT2D eigenvalue weighted by Crippen LogP contribution is -2.10. The average Bonchev–Trinajstić information content (AvgIpc) is 2.98. The number of aryl methyl sites for hydroxylation is 1. The first-order valence-electron chi connectivity index (χ1n) is 13.6. The average molecular weight is 545 g/mol. The Balaban J connectivity index is 1.41. The summed E-state index contributed by atoms with van der Waals surface area (Å²) in [5.74, 6) is -0.0980. The summed E-state index contributed by atoms with van der Waals surface area (Å²) in [6.45, 7) is 6.31. The molecule has 40 heavy (non-hydrogen) atoms. The molecule has 7 nitrogen and oxygen atoms in total. The second-order valence-electron chi connectivity index (χ2n) is 9.21. The molecule has 0 aliphatic carbocycles. The molecule has 0 fully saturated rings. The SMILES string of the molecule is C=CC(=O)OCCCCOc1ccc(C(=O)Oc2ccc(OC(=O)c3ccc(CCCCCC)cc3)cc2)cc1. The molecule has 0 unspecified atom stereocenters. The topological polar surface area (TPSA) is 88.1 Å². The van der Waals surface area contributed by atoms with Gasteiger partial charge in [0.25, 0.3) is 0 Å². The molecule has 0 aliphatic heterocycles. The van der Waals surface area contributed by atoms with E-state index in [2.05, 4.69) is 13.5 Å². The van der Waals surface area contributed by atoms with Gasteiger partial charge in [0.05, 0.1) is 24.3 Å². The van der Waals surface area contributed by atoms with Gasteiger partial charge < -0.3 is 18.9 Å². The van der Waals surface area contributed by atoms with E-state index < -0.39 is 17.9 Å². The minimum Gasteiger partial charge on any atom is -0.494 e. The van der Waals surface area contributed by atoms with E-state index in [4.69, 9.17) is 18.9 Å². The molecule has 0 heterocycles. The Morgan fingerprint density at radius 1 is 0.650 bits per heavy atom. The number of carbonyl (C=O) groups is 3. The van der Waals surface area contributed by atoms with E-state index in [1.807, 2.05) is 12.1 Å². The van der Waals surface area contributed by atoms with Crippen LogP contribution in [0.4, 0.5) is 0 Å². The molecule has 7 heteroatoms. The van der Waals surface area contributed by atoms with Crippen LogP contribution in [0.15, 0.2) is 85.5 Å². The summed E-state index contributed by atoms with van der Waals surface area (Å²) in [6, 6.07) is 20.4. The number of esters is 3. The molecule has 0 amide bonds. The van der Waals surface area contributed by atoms with E-state index in [1.54, 1.807) is 60.7 Å². The summed E-state index contributed by atoms with van der Waals surface area (Å²) in [5, 5.41) is 0. The minimum atomic E-state index is -0.518. The van der Waals surface area contributed by atoms with Crippen molar-refractivity contribution in [1.29, 1.82) is 0 Å². The first-order chi connectivity index (χ1) is 19.5. The highest BCUT2D eigenvalue weighted by molar-refractivity contribution is 5.92. The highest BCUT2D eigenvalue weighted by atomic mass is 16.5. The zero-order valence-corrected chi connectivity index (χ0v) is 22.9. The van der Waals surface area contributed by atoms with E-state index in [9.17, 15) is 14.4 Å². The van der Waals surface area contributed by atoms with Gasteiger partial charge in [-0.1, -0.05) is 44.9 Å². The van der Waals surface area contributed by atoms with Gasteiger partial charge in [-0.3, -0.25) is 0 Å². The lowest BCUT2D eigenvalue weighted by molar-refractivity contribution is -0.137. The Morgan fingerprint density at radius 2 is 1.18 bits per heavy atom. The van der Waals surface area contributed by atoms with E-state index in [1.165, 1.54) is 24.8 Å². The number of rotatable bonds is 16. The lowest BCUT2D eigenvalue weighted by Gasteiger charge is -2.09. The molecule has 3 rings (SSSR count). The van der Waals surface area contributed by atoms with Crippen molar-refractivity contribution in [3.63, 3.8) is 0 Å². The van der Waals surface area contributed by atoms with Gasteiger partial charge >= 0.3 is 17.9 Å². The number of hydrogen-bond acceptors (Lipinski definition) is 7.